The molecule has 1 aliphatic heterocycles. The molecule has 0 aromatic rings. The summed E-state index contributed by atoms with van der Waals surface area (Å²) in [6.45, 7) is 2.84. The second kappa shape index (κ2) is 4.45. The highest BCUT2D eigenvalue weighted by Crippen LogP contribution is 2.21. The standard InChI is InChI=1S/C9H17NO2/c1-2-7(9(10)11)6-8-4-3-5-12-8/h7-8H,2-6H2,1H3,(H2,10,11). The van der Waals surface area contributed by atoms with E-state index in [0.29, 0.717) is 0 Å². The lowest BCUT2D eigenvalue weighted by Crippen LogP contribution is -2.26. The first kappa shape index (κ1) is 9.52. The van der Waals surface area contributed by atoms with Gasteiger partial charge in [-0.2, -0.15) is 0 Å². The van der Waals surface area contributed by atoms with Crippen molar-refractivity contribution in [2.24, 2.45) is 11.7 Å². The fraction of sp³-hybridized carbons (Fsp3) is 0.889. The van der Waals surface area contributed by atoms with Gasteiger partial charge in [-0.15, -0.1) is 0 Å². The molecule has 3 nitrogen and oxygen atoms in total. The molecule has 12 heavy (non-hydrogen) atoms. The molecule has 0 aromatic heterocycles. The Hall–Kier alpha value is -0.570. The normalized spacial score (nSPS) is 25.6. The van der Waals surface area contributed by atoms with Gasteiger partial charge in [0.1, 0.15) is 0 Å². The molecular weight excluding hydrogens is 154 g/mol. The minimum atomic E-state index is -0.187. The summed E-state index contributed by atoms with van der Waals surface area (Å²) in [5.74, 6) is -0.180. The van der Waals surface area contributed by atoms with E-state index in [1.807, 2.05) is 6.92 Å². The third kappa shape index (κ3) is 2.48. The predicted octanol–water partition coefficient (Wildman–Crippen LogP) is 1.07. The minimum absolute atomic E-state index is 0.00750. The molecule has 70 valence electrons. The molecule has 1 rings (SSSR count). The summed E-state index contributed by atoms with van der Waals surface area (Å²) in [5, 5.41) is 0. The molecule has 2 atom stereocenters. The molecule has 0 aromatic carbocycles. The number of ether oxygens (including phenoxy) is 1. The van der Waals surface area contributed by atoms with E-state index in [2.05, 4.69) is 0 Å². The van der Waals surface area contributed by atoms with Crippen LogP contribution in [0.4, 0.5) is 0 Å². The maximum absolute atomic E-state index is 10.9. The van der Waals surface area contributed by atoms with Crippen molar-refractivity contribution in [3.63, 3.8) is 0 Å². The van der Waals surface area contributed by atoms with Crippen molar-refractivity contribution >= 4 is 5.91 Å². The van der Waals surface area contributed by atoms with Gasteiger partial charge in [-0.05, 0) is 25.7 Å². The first-order chi connectivity index (χ1) is 5.74. The molecule has 1 heterocycles. The maximum Gasteiger partial charge on any atom is 0.220 e. The zero-order valence-electron chi connectivity index (χ0n) is 7.58. The molecule has 1 amide bonds. The number of carbonyl (C=O) groups is 1. The second-order valence-corrected chi connectivity index (χ2v) is 3.38. The van der Waals surface area contributed by atoms with Gasteiger partial charge in [0, 0.05) is 12.5 Å². The Morgan fingerprint density at radius 1 is 1.75 bits per heavy atom. The fourth-order valence-corrected chi connectivity index (χ4v) is 1.63. The van der Waals surface area contributed by atoms with Crippen molar-refractivity contribution in [3.8, 4) is 0 Å². The number of primary amides is 1. The van der Waals surface area contributed by atoms with Crippen LogP contribution in [0.3, 0.4) is 0 Å². The van der Waals surface area contributed by atoms with E-state index in [0.717, 1.165) is 32.3 Å². The number of rotatable bonds is 4. The highest BCUT2D eigenvalue weighted by atomic mass is 16.5. The molecule has 0 saturated carbocycles. The van der Waals surface area contributed by atoms with Crippen LogP contribution >= 0.6 is 0 Å². The van der Waals surface area contributed by atoms with Gasteiger partial charge in [0.25, 0.3) is 0 Å². The van der Waals surface area contributed by atoms with Gasteiger partial charge in [-0.3, -0.25) is 4.79 Å². The van der Waals surface area contributed by atoms with Crippen LogP contribution in [-0.4, -0.2) is 18.6 Å². The topological polar surface area (TPSA) is 52.3 Å². The van der Waals surface area contributed by atoms with Crippen LogP contribution < -0.4 is 5.73 Å². The lowest BCUT2D eigenvalue weighted by Gasteiger charge is -2.15. The van der Waals surface area contributed by atoms with Gasteiger partial charge in [0.05, 0.1) is 6.10 Å². The summed E-state index contributed by atoms with van der Waals surface area (Å²) in [5.41, 5.74) is 5.23. The van der Waals surface area contributed by atoms with Crippen LogP contribution in [0.1, 0.15) is 32.6 Å². The van der Waals surface area contributed by atoms with E-state index in [4.69, 9.17) is 10.5 Å². The number of carbonyl (C=O) groups excluding carboxylic acids is 1. The zero-order valence-corrected chi connectivity index (χ0v) is 7.58. The van der Waals surface area contributed by atoms with E-state index >= 15 is 0 Å². The molecule has 3 heteroatoms. The monoisotopic (exact) mass is 171 g/mol. The number of nitrogens with two attached hydrogens (primary N) is 1. The first-order valence-electron chi connectivity index (χ1n) is 4.65. The molecule has 2 N–H and O–H groups in total. The third-order valence-corrected chi connectivity index (χ3v) is 2.47. The Kier molecular flexibility index (Phi) is 3.53. The molecule has 0 spiro atoms. The number of hydrogen-bond donors (Lipinski definition) is 1. The van der Waals surface area contributed by atoms with E-state index in [1.165, 1.54) is 0 Å². The summed E-state index contributed by atoms with van der Waals surface area (Å²) < 4.78 is 5.43. The van der Waals surface area contributed by atoms with Crippen molar-refractivity contribution in [3.05, 3.63) is 0 Å². The van der Waals surface area contributed by atoms with Crippen LogP contribution in [0.25, 0.3) is 0 Å². The zero-order chi connectivity index (χ0) is 8.97. The largest absolute Gasteiger partial charge is 0.378 e. The van der Waals surface area contributed by atoms with Crippen molar-refractivity contribution in [1.29, 1.82) is 0 Å². The average Bonchev–Trinajstić information content (AvgIpc) is 2.51. The summed E-state index contributed by atoms with van der Waals surface area (Å²) in [6, 6.07) is 0. The second-order valence-electron chi connectivity index (χ2n) is 3.38. The van der Waals surface area contributed by atoms with Crippen molar-refractivity contribution in [2.45, 2.75) is 38.7 Å². The molecule has 0 aliphatic carbocycles. The van der Waals surface area contributed by atoms with Gasteiger partial charge in [0.2, 0.25) is 5.91 Å². The quantitative estimate of drug-likeness (QED) is 0.687. The van der Waals surface area contributed by atoms with Crippen LogP contribution in [0.15, 0.2) is 0 Å². The summed E-state index contributed by atoms with van der Waals surface area (Å²) >= 11 is 0. The van der Waals surface area contributed by atoms with Crippen molar-refractivity contribution < 1.29 is 9.53 Å². The Morgan fingerprint density at radius 3 is 2.92 bits per heavy atom. The lowest BCUT2D eigenvalue weighted by atomic mass is 9.97. The fourth-order valence-electron chi connectivity index (χ4n) is 1.63. The van der Waals surface area contributed by atoms with Gasteiger partial charge in [-0.1, -0.05) is 6.92 Å². The van der Waals surface area contributed by atoms with Gasteiger partial charge >= 0.3 is 0 Å². The van der Waals surface area contributed by atoms with Crippen LogP contribution in [0.5, 0.6) is 0 Å². The molecule has 1 aliphatic rings. The maximum atomic E-state index is 10.9. The molecule has 0 radical (unpaired) electrons. The first-order valence-corrected chi connectivity index (χ1v) is 4.65. The summed E-state index contributed by atoms with van der Waals surface area (Å²) in [4.78, 5) is 10.9. The highest BCUT2D eigenvalue weighted by molar-refractivity contribution is 5.76. The van der Waals surface area contributed by atoms with Crippen LogP contribution in [-0.2, 0) is 9.53 Å². The van der Waals surface area contributed by atoms with E-state index in [-0.39, 0.29) is 17.9 Å². The smallest absolute Gasteiger partial charge is 0.220 e. The molecule has 2 unspecified atom stereocenters. The Balaban J connectivity index is 2.30. The van der Waals surface area contributed by atoms with Crippen molar-refractivity contribution in [2.75, 3.05) is 6.61 Å². The van der Waals surface area contributed by atoms with Crippen molar-refractivity contribution in [1.82, 2.24) is 0 Å². The van der Waals surface area contributed by atoms with Gasteiger partial charge in [0.15, 0.2) is 0 Å². The van der Waals surface area contributed by atoms with Crippen LogP contribution in [0, 0.1) is 5.92 Å². The molecular formula is C9H17NO2. The van der Waals surface area contributed by atoms with Crippen LogP contribution in [0.2, 0.25) is 0 Å². The molecule has 0 bridgehead atoms. The molecule has 1 saturated heterocycles. The number of amides is 1. The predicted molar refractivity (Wildman–Crippen MR) is 46.6 cm³/mol. The number of hydrogen-bond acceptors (Lipinski definition) is 2. The summed E-state index contributed by atoms with van der Waals surface area (Å²) in [7, 11) is 0. The lowest BCUT2D eigenvalue weighted by molar-refractivity contribution is -0.122. The van der Waals surface area contributed by atoms with E-state index < -0.39 is 0 Å². The minimum Gasteiger partial charge on any atom is -0.378 e. The Labute approximate surface area is 73.3 Å². The van der Waals surface area contributed by atoms with Gasteiger partial charge in [-0.25, -0.2) is 0 Å². The van der Waals surface area contributed by atoms with E-state index in [1.54, 1.807) is 0 Å². The molecule has 1 fully saturated rings. The Bertz CT molecular complexity index is 153. The average molecular weight is 171 g/mol. The Morgan fingerprint density at radius 2 is 2.50 bits per heavy atom. The van der Waals surface area contributed by atoms with E-state index in [9.17, 15) is 4.79 Å². The SMILES string of the molecule is CCC(CC1CCCO1)C(N)=O. The van der Waals surface area contributed by atoms with Gasteiger partial charge < -0.3 is 10.5 Å². The highest BCUT2D eigenvalue weighted by Gasteiger charge is 2.22. The summed E-state index contributed by atoms with van der Waals surface area (Å²) in [6.07, 6.45) is 4.13. The third-order valence-electron chi connectivity index (χ3n) is 2.47.